The predicted octanol–water partition coefficient (Wildman–Crippen LogP) is 2.39. The van der Waals surface area contributed by atoms with Crippen LogP contribution in [0.15, 0.2) is 53.4 Å². The van der Waals surface area contributed by atoms with Gasteiger partial charge in [-0.3, -0.25) is 9.13 Å². The minimum atomic E-state index is -5.16. The molecule has 7 N–H and O–H groups in total. The van der Waals surface area contributed by atoms with Gasteiger partial charge in [-0.1, -0.05) is 24.3 Å². The fraction of sp³-hybridized carbons (Fsp3) is 0.143. The van der Waals surface area contributed by atoms with Crippen molar-refractivity contribution in [3.05, 3.63) is 54.1 Å². The lowest BCUT2D eigenvalue weighted by Crippen LogP contribution is -2.26. The summed E-state index contributed by atoms with van der Waals surface area (Å²) < 4.78 is 23.7. The highest BCUT2D eigenvalue weighted by Crippen LogP contribution is 2.64. The lowest BCUT2D eigenvalue weighted by molar-refractivity contribution is 0.332. The number of hydrogen-bond acceptors (Lipinski definition) is 5. The van der Waals surface area contributed by atoms with E-state index < -0.39 is 26.6 Å². The molecule has 0 fully saturated rings. The number of nitrogen functional groups attached to an aromatic ring is 1. The second-order valence-corrected chi connectivity index (χ2v) is 9.76. The Morgan fingerprint density at radius 1 is 0.920 bits per heavy atom. The Bertz CT molecular complexity index is 813. The smallest absolute Gasteiger partial charge is 0.343 e. The van der Waals surface area contributed by atoms with Crippen molar-refractivity contribution in [3.63, 3.8) is 0 Å². The molecule has 2 aromatic carbocycles. The third-order valence-corrected chi connectivity index (χ3v) is 7.67. The minimum Gasteiger partial charge on any atom is -0.399 e. The van der Waals surface area contributed by atoms with Crippen molar-refractivity contribution >= 4 is 39.2 Å². The number of anilines is 2. The lowest BCUT2D eigenvalue weighted by atomic mass is 10.1. The highest BCUT2D eigenvalue weighted by atomic mass is 32.1. The van der Waals surface area contributed by atoms with Gasteiger partial charge in [0.15, 0.2) is 5.40 Å². The molecule has 2 rings (SSSR count). The van der Waals surface area contributed by atoms with Crippen molar-refractivity contribution in [1.82, 2.24) is 0 Å². The van der Waals surface area contributed by atoms with E-state index in [2.05, 4.69) is 17.9 Å². The Labute approximate surface area is 149 Å². The molecule has 0 aliphatic carbocycles. The van der Waals surface area contributed by atoms with Crippen LogP contribution in [0.4, 0.5) is 11.4 Å². The Balaban J connectivity index is 2.58. The average molecular weight is 404 g/mol. The first-order valence-corrected chi connectivity index (χ1v) is 10.8. The first kappa shape index (κ1) is 20.0. The van der Waals surface area contributed by atoms with E-state index in [4.69, 9.17) is 5.73 Å². The quantitative estimate of drug-likeness (QED) is 0.220. The van der Waals surface area contributed by atoms with Crippen molar-refractivity contribution in [2.24, 2.45) is 0 Å². The topological polar surface area (TPSA) is 153 Å². The molecule has 0 spiro atoms. The maximum Gasteiger partial charge on any atom is 0.343 e. The lowest BCUT2D eigenvalue weighted by Gasteiger charge is -2.30. The predicted molar refractivity (Wildman–Crippen MR) is 98.8 cm³/mol. The van der Waals surface area contributed by atoms with Crippen LogP contribution in [0.25, 0.3) is 0 Å². The molecular weight excluding hydrogens is 386 g/mol. The second kappa shape index (κ2) is 7.51. The zero-order chi connectivity index (χ0) is 18.8. The number of benzene rings is 2. The molecule has 1 unspecified atom stereocenters. The van der Waals surface area contributed by atoms with E-state index in [0.717, 1.165) is 0 Å². The van der Waals surface area contributed by atoms with Crippen LogP contribution in [0.1, 0.15) is 11.6 Å². The van der Waals surface area contributed by atoms with Crippen LogP contribution in [0, 0.1) is 0 Å². The van der Waals surface area contributed by atoms with Crippen LogP contribution < -0.4 is 11.1 Å². The molecule has 0 amide bonds. The summed E-state index contributed by atoms with van der Waals surface area (Å²) in [6, 6.07) is 11.1. The van der Waals surface area contributed by atoms with Gasteiger partial charge < -0.3 is 30.6 Å². The molecule has 0 radical (unpaired) electrons. The molecule has 0 aromatic heterocycles. The van der Waals surface area contributed by atoms with Crippen LogP contribution >= 0.6 is 27.8 Å². The molecule has 0 aliphatic rings. The third kappa shape index (κ3) is 5.09. The van der Waals surface area contributed by atoms with Crippen molar-refractivity contribution < 1.29 is 28.7 Å². The van der Waals surface area contributed by atoms with Gasteiger partial charge in [0, 0.05) is 16.3 Å². The number of nitrogens with one attached hydrogen (secondary N) is 1. The molecular formula is C14H18N2O6P2S. The first-order valence-electron chi connectivity index (χ1n) is 7.00. The van der Waals surface area contributed by atoms with Crippen LogP contribution in [0.5, 0.6) is 0 Å². The van der Waals surface area contributed by atoms with Crippen molar-refractivity contribution in [2.75, 3.05) is 11.1 Å². The Morgan fingerprint density at radius 2 is 1.44 bits per heavy atom. The van der Waals surface area contributed by atoms with E-state index in [1.165, 1.54) is 24.3 Å². The summed E-state index contributed by atoms with van der Waals surface area (Å²) >= 11 is 4.24. The van der Waals surface area contributed by atoms with Crippen molar-refractivity contribution in [2.45, 2.75) is 16.3 Å². The van der Waals surface area contributed by atoms with Crippen LogP contribution in [0.2, 0.25) is 0 Å². The summed E-state index contributed by atoms with van der Waals surface area (Å²) in [7, 11) is -10.3. The molecule has 8 nitrogen and oxygen atoms in total. The first-order chi connectivity index (χ1) is 11.5. The summed E-state index contributed by atoms with van der Waals surface area (Å²) in [6.45, 7) is 0. The van der Waals surface area contributed by atoms with Gasteiger partial charge in [0.05, 0.1) is 6.04 Å². The van der Waals surface area contributed by atoms with Gasteiger partial charge in [0.1, 0.15) is 0 Å². The fourth-order valence-corrected chi connectivity index (χ4v) is 5.44. The third-order valence-electron chi connectivity index (χ3n) is 3.50. The number of hydrogen-bond donors (Lipinski definition) is 7. The van der Waals surface area contributed by atoms with Gasteiger partial charge in [0.25, 0.3) is 0 Å². The van der Waals surface area contributed by atoms with Crippen LogP contribution in [0.3, 0.4) is 0 Å². The summed E-state index contributed by atoms with van der Waals surface area (Å²) in [5.41, 5.74) is 6.66. The molecule has 136 valence electrons. The van der Waals surface area contributed by atoms with Gasteiger partial charge in [0.2, 0.25) is 0 Å². The maximum absolute atomic E-state index is 11.9. The molecule has 0 heterocycles. The highest BCUT2D eigenvalue weighted by molar-refractivity contribution is 7.80. The van der Waals surface area contributed by atoms with Gasteiger partial charge in [-0.25, -0.2) is 0 Å². The molecule has 0 aliphatic heterocycles. The Morgan fingerprint density at radius 3 is 1.92 bits per heavy atom. The molecule has 2 aromatic rings. The molecule has 25 heavy (non-hydrogen) atoms. The zero-order valence-electron chi connectivity index (χ0n) is 12.8. The van der Waals surface area contributed by atoms with Gasteiger partial charge in [-0.05, 0) is 29.8 Å². The van der Waals surface area contributed by atoms with Crippen molar-refractivity contribution in [3.8, 4) is 0 Å². The van der Waals surface area contributed by atoms with Crippen molar-refractivity contribution in [1.29, 1.82) is 0 Å². The fourth-order valence-electron chi connectivity index (χ4n) is 2.38. The maximum atomic E-state index is 11.9. The average Bonchev–Trinajstić information content (AvgIpc) is 2.47. The summed E-state index contributed by atoms with van der Waals surface area (Å²) in [5.74, 6) is 0. The van der Waals surface area contributed by atoms with Gasteiger partial charge in [-0.15, -0.1) is 12.6 Å². The van der Waals surface area contributed by atoms with E-state index >= 15 is 0 Å². The standard InChI is InChI=1S/C14H18N2O6P2S/c15-10-7-5-9(6-8-10)13(14(23(17,18)19)24(20,21)22)16-11-3-1-2-4-12(11)25/h1-8,13-14,16,25H,15H2,(H2,17,18,19)(H2,20,21,22). The van der Waals surface area contributed by atoms with E-state index in [-0.39, 0.29) is 5.56 Å². The van der Waals surface area contributed by atoms with E-state index in [9.17, 15) is 28.7 Å². The van der Waals surface area contributed by atoms with E-state index in [1.54, 1.807) is 24.3 Å². The van der Waals surface area contributed by atoms with E-state index in [0.29, 0.717) is 16.3 Å². The largest absolute Gasteiger partial charge is 0.399 e. The zero-order valence-corrected chi connectivity index (χ0v) is 15.5. The number of nitrogens with two attached hydrogens (primary N) is 1. The molecule has 0 saturated heterocycles. The van der Waals surface area contributed by atoms with Gasteiger partial charge >= 0.3 is 15.2 Å². The molecule has 0 bridgehead atoms. The second-order valence-electron chi connectivity index (χ2n) is 5.40. The monoisotopic (exact) mass is 404 g/mol. The highest BCUT2D eigenvalue weighted by Gasteiger charge is 2.49. The Kier molecular flexibility index (Phi) is 6.01. The Hall–Kier alpha value is -1.31. The molecule has 11 heteroatoms. The van der Waals surface area contributed by atoms with Gasteiger partial charge in [-0.2, -0.15) is 0 Å². The van der Waals surface area contributed by atoms with Crippen LogP contribution in [-0.4, -0.2) is 25.0 Å². The summed E-state index contributed by atoms with van der Waals surface area (Å²) in [6.07, 6.45) is 0. The normalized spacial score (nSPS) is 13.7. The van der Waals surface area contributed by atoms with E-state index in [1.807, 2.05) is 0 Å². The number of para-hydroxylation sites is 1. The number of thiol groups is 1. The SMILES string of the molecule is Nc1ccc(C(Nc2ccccc2S)C(P(=O)(O)O)P(=O)(O)O)cc1. The molecule has 0 saturated carbocycles. The minimum absolute atomic E-state index is 0.266. The summed E-state index contributed by atoms with van der Waals surface area (Å²) in [5, 5.41) is 0.528. The molecule has 1 atom stereocenters. The van der Waals surface area contributed by atoms with Crippen LogP contribution in [-0.2, 0) is 9.13 Å². The summed E-state index contributed by atoms with van der Waals surface area (Å²) in [4.78, 5) is 38.8. The number of rotatable bonds is 6.